The fourth-order valence-corrected chi connectivity index (χ4v) is 12.6. The maximum atomic E-state index is 14.3. The van der Waals surface area contributed by atoms with Crippen LogP contribution in [0.5, 0.6) is 0 Å². The van der Waals surface area contributed by atoms with Crippen LogP contribution in [0.4, 0.5) is 13.2 Å². The zero-order valence-electron chi connectivity index (χ0n) is 44.8. The maximum absolute atomic E-state index is 14.3. The van der Waals surface area contributed by atoms with Gasteiger partial charge in [0.1, 0.15) is 0 Å². The number of ether oxygens (including phenoxy) is 2. The third kappa shape index (κ3) is 12.0. The van der Waals surface area contributed by atoms with E-state index in [0.717, 1.165) is 55.0 Å². The average molecular weight is 1020 g/mol. The molecular weight excluding hydrogens is 936 g/mol. The predicted octanol–water partition coefficient (Wildman–Crippen LogP) is 12.4. The van der Waals surface area contributed by atoms with Gasteiger partial charge in [0.25, 0.3) is 11.8 Å². The number of benzene rings is 2. The highest BCUT2D eigenvalue weighted by Crippen LogP contribution is 2.47. The molecule has 2 amide bonds. The third-order valence-corrected chi connectivity index (χ3v) is 17.5. The first-order chi connectivity index (χ1) is 33.7. The minimum absolute atomic E-state index is 0.0157. The lowest BCUT2D eigenvalue weighted by atomic mass is 9.79. The molecule has 2 saturated carbocycles. The van der Waals surface area contributed by atoms with E-state index in [-0.39, 0.29) is 34.7 Å². The number of amides is 2. The molecule has 2 N–H and O–H groups in total. The van der Waals surface area contributed by atoms with E-state index in [1.54, 1.807) is 6.07 Å². The zero-order chi connectivity index (χ0) is 52.1. The molecule has 10 nitrogen and oxygen atoms in total. The van der Waals surface area contributed by atoms with Gasteiger partial charge in [-0.25, -0.2) is 8.51 Å². The second-order valence-corrected chi connectivity index (χ2v) is 26.1. The van der Waals surface area contributed by atoms with Gasteiger partial charge >= 0.3 is 6.18 Å². The van der Waals surface area contributed by atoms with Crippen molar-refractivity contribution in [2.75, 3.05) is 39.5 Å². The second kappa shape index (κ2) is 20.8. The summed E-state index contributed by atoms with van der Waals surface area (Å²) in [7, 11) is 0. The van der Waals surface area contributed by atoms with Crippen molar-refractivity contribution in [3.8, 4) is 22.5 Å². The standard InChI is InChI=1S/C31H45N3O3S.C27H35F3N2O2/c1-21-26(28(35)32-25-18-37-19-25)17-27(22-14-23(29(2,3)4)16-24(15-22)30(5,6)7)34(21)38(36)33-13-12-31(20-33)10-8-9-11-31;1-17-23(25(33)31-22-15-34-16-22)13-24(32(17)14-18-8-6-5-7-9-18)19-10-20(26(2,3)4)12-21(11-19)27(28,29)30/h14-17,25H,8-13,18-20H2,1-7H3,(H,32,35);10-13,18,22H,5-9,14-16H2,1-4H3,(H,31,33). The summed E-state index contributed by atoms with van der Waals surface area (Å²) in [6.45, 7) is 27.4. The van der Waals surface area contributed by atoms with Crippen molar-refractivity contribution in [1.29, 1.82) is 0 Å². The van der Waals surface area contributed by atoms with Crippen LogP contribution in [0.2, 0.25) is 0 Å². The first-order valence-corrected chi connectivity index (χ1v) is 27.5. The highest BCUT2D eigenvalue weighted by molar-refractivity contribution is 7.81. The van der Waals surface area contributed by atoms with Gasteiger partial charge in [-0.2, -0.15) is 13.2 Å². The topological polar surface area (TPSA) is 107 Å². The number of carbonyl (C=O) groups is 2. The number of hydrogen-bond donors (Lipinski definition) is 2. The highest BCUT2D eigenvalue weighted by atomic mass is 32.2. The molecule has 2 aromatic heterocycles. The molecule has 2 aliphatic carbocycles. The Balaban J connectivity index is 0.000000194. The van der Waals surface area contributed by atoms with E-state index in [2.05, 4.69) is 79.2 Å². The minimum atomic E-state index is -4.45. The SMILES string of the molecule is Cc1c(C(=O)NC2COC2)cc(-c2cc(C(C)(C)C)cc(C(C)(C)C)c2)n1S(=O)N1CCC2(CCCC2)C1.Cc1c(C(=O)NC2COC2)cc(-c2cc(C(C)(C)C)cc(C(F)(F)F)c2)n1CC1CCCCC1. The Bertz CT molecular complexity index is 2580. The van der Waals surface area contributed by atoms with Gasteiger partial charge in [-0.3, -0.25) is 13.6 Å². The summed E-state index contributed by atoms with van der Waals surface area (Å²) in [5.41, 5.74) is 7.91. The van der Waals surface area contributed by atoms with E-state index in [0.29, 0.717) is 72.3 Å². The van der Waals surface area contributed by atoms with Crippen molar-refractivity contribution in [3.63, 3.8) is 0 Å². The summed E-state index contributed by atoms with van der Waals surface area (Å²) in [6.07, 6.45) is 7.47. The summed E-state index contributed by atoms with van der Waals surface area (Å²) in [6, 6.07) is 14.8. The van der Waals surface area contributed by atoms with Crippen molar-refractivity contribution >= 4 is 23.0 Å². The Hall–Kier alpha value is -4.24. The molecule has 3 saturated heterocycles. The van der Waals surface area contributed by atoms with E-state index < -0.39 is 28.3 Å². The lowest BCUT2D eigenvalue weighted by molar-refractivity contribution is -0.137. The number of halogens is 3. The third-order valence-electron chi connectivity index (χ3n) is 16.0. The van der Waals surface area contributed by atoms with Gasteiger partial charge in [0.05, 0.1) is 60.9 Å². The first-order valence-electron chi connectivity index (χ1n) is 26.5. The lowest BCUT2D eigenvalue weighted by Gasteiger charge is -2.27. The van der Waals surface area contributed by atoms with E-state index >= 15 is 0 Å². The van der Waals surface area contributed by atoms with Gasteiger partial charge in [-0.05, 0) is 144 Å². The van der Waals surface area contributed by atoms with Gasteiger partial charge in [0.2, 0.25) is 11.2 Å². The van der Waals surface area contributed by atoms with Crippen LogP contribution in [0.25, 0.3) is 22.5 Å². The van der Waals surface area contributed by atoms with E-state index in [9.17, 15) is 27.0 Å². The molecule has 72 heavy (non-hydrogen) atoms. The Morgan fingerprint density at radius 2 is 1.08 bits per heavy atom. The quantitative estimate of drug-likeness (QED) is 0.165. The van der Waals surface area contributed by atoms with Crippen LogP contribution < -0.4 is 10.6 Å². The monoisotopic (exact) mass is 1020 g/mol. The van der Waals surface area contributed by atoms with Crippen molar-refractivity contribution in [3.05, 3.63) is 93.3 Å². The smallest absolute Gasteiger partial charge is 0.377 e. The number of rotatable bonds is 10. The summed E-state index contributed by atoms with van der Waals surface area (Å²) in [4.78, 5) is 26.4. The van der Waals surface area contributed by atoms with Crippen molar-refractivity contribution in [2.45, 2.75) is 181 Å². The normalized spacial score (nSPS) is 19.7. The molecule has 1 spiro atoms. The summed E-state index contributed by atoms with van der Waals surface area (Å²) in [5.74, 6) is 0.143. The highest BCUT2D eigenvalue weighted by Gasteiger charge is 2.43. The van der Waals surface area contributed by atoms with Gasteiger partial charge in [0.15, 0.2) is 0 Å². The van der Waals surface area contributed by atoms with Gasteiger partial charge in [0, 0.05) is 36.7 Å². The molecule has 1 atom stereocenters. The summed E-state index contributed by atoms with van der Waals surface area (Å²) in [5, 5.41) is 6.08. The van der Waals surface area contributed by atoms with Crippen LogP contribution >= 0.6 is 0 Å². The van der Waals surface area contributed by atoms with Crippen LogP contribution in [-0.4, -0.2) is 80.5 Å². The predicted molar refractivity (Wildman–Crippen MR) is 282 cm³/mol. The molecular formula is C58H80F3N5O5S. The van der Waals surface area contributed by atoms with Crippen molar-refractivity contribution < 1.29 is 36.4 Å². The molecule has 2 aromatic carbocycles. The molecule has 1 unspecified atom stereocenters. The van der Waals surface area contributed by atoms with Crippen molar-refractivity contribution in [2.24, 2.45) is 11.3 Å². The Morgan fingerprint density at radius 1 is 0.625 bits per heavy atom. The molecule has 5 fully saturated rings. The molecule has 3 aliphatic heterocycles. The first kappa shape index (κ1) is 54.0. The van der Waals surface area contributed by atoms with Crippen LogP contribution in [0, 0.1) is 25.2 Å². The molecule has 5 aliphatic rings. The van der Waals surface area contributed by atoms with Gasteiger partial charge in [-0.1, -0.05) is 100 Å². The summed E-state index contributed by atoms with van der Waals surface area (Å²) < 4.78 is 72.4. The number of aromatic nitrogens is 2. The van der Waals surface area contributed by atoms with Gasteiger partial charge in [-0.15, -0.1) is 0 Å². The zero-order valence-corrected chi connectivity index (χ0v) is 45.6. The number of alkyl halides is 3. The number of hydrogen-bond acceptors (Lipinski definition) is 5. The average Bonchev–Trinajstić information content (AvgIpc) is 4.08. The Labute approximate surface area is 429 Å². The van der Waals surface area contributed by atoms with Crippen molar-refractivity contribution in [1.82, 2.24) is 23.5 Å². The van der Waals surface area contributed by atoms with E-state index in [4.69, 9.17) is 9.47 Å². The maximum Gasteiger partial charge on any atom is 0.416 e. The number of nitrogens with zero attached hydrogens (tertiary/aromatic N) is 3. The largest absolute Gasteiger partial charge is 0.416 e. The number of carbonyl (C=O) groups excluding carboxylic acids is 2. The molecule has 0 radical (unpaired) electrons. The van der Waals surface area contributed by atoms with E-state index in [1.165, 1.54) is 68.2 Å². The molecule has 0 bridgehead atoms. The second-order valence-electron chi connectivity index (χ2n) is 24.8. The van der Waals surface area contributed by atoms with Crippen LogP contribution in [-0.2, 0) is 49.6 Å². The fraction of sp³-hybridized carbons (Fsp3) is 0.621. The van der Waals surface area contributed by atoms with E-state index in [1.807, 2.05) is 50.7 Å². The lowest BCUT2D eigenvalue weighted by Crippen LogP contribution is -2.48. The molecule has 394 valence electrons. The molecule has 14 heteroatoms. The molecule has 5 heterocycles. The van der Waals surface area contributed by atoms with Crippen LogP contribution in [0.1, 0.15) is 181 Å². The number of nitrogens with one attached hydrogen (secondary N) is 2. The minimum Gasteiger partial charge on any atom is -0.377 e. The fourth-order valence-electron chi connectivity index (χ4n) is 11.1. The van der Waals surface area contributed by atoms with Crippen LogP contribution in [0.3, 0.4) is 0 Å². The Morgan fingerprint density at radius 3 is 1.56 bits per heavy atom. The van der Waals surface area contributed by atoms with Gasteiger partial charge < -0.3 is 24.7 Å². The molecule has 9 rings (SSSR count). The van der Waals surface area contributed by atoms with Crippen LogP contribution in [0.15, 0.2) is 48.5 Å². The summed E-state index contributed by atoms with van der Waals surface area (Å²) >= 11 is -1.41. The Kier molecular flexibility index (Phi) is 15.6. The molecule has 4 aromatic rings.